The lowest BCUT2D eigenvalue weighted by molar-refractivity contribution is -0.131. The van der Waals surface area contributed by atoms with Crippen molar-refractivity contribution in [3.63, 3.8) is 0 Å². The molecular formula is C12H19N3O. The van der Waals surface area contributed by atoms with Gasteiger partial charge in [-0.3, -0.25) is 9.69 Å². The van der Waals surface area contributed by atoms with Gasteiger partial charge in [-0.1, -0.05) is 6.58 Å². The van der Waals surface area contributed by atoms with Crippen molar-refractivity contribution in [1.82, 2.24) is 9.80 Å². The standard InChI is InChI=1S/C12H19N3O/c1-4-12(16)15-8-7-14(10(2)3)9-11(15)5-6-13/h4,10-11H,1,5,7-9H2,2-3H3/t11-/m1/s1. The number of nitriles is 1. The second-order valence-electron chi connectivity index (χ2n) is 4.34. The molecule has 1 atom stereocenters. The van der Waals surface area contributed by atoms with E-state index in [-0.39, 0.29) is 11.9 Å². The summed E-state index contributed by atoms with van der Waals surface area (Å²) in [6.07, 6.45) is 1.72. The van der Waals surface area contributed by atoms with E-state index in [1.807, 2.05) is 0 Å². The number of rotatable bonds is 3. The number of hydrogen-bond acceptors (Lipinski definition) is 3. The smallest absolute Gasteiger partial charge is 0.246 e. The molecule has 88 valence electrons. The van der Waals surface area contributed by atoms with E-state index < -0.39 is 0 Å². The van der Waals surface area contributed by atoms with E-state index in [0.29, 0.717) is 19.0 Å². The van der Waals surface area contributed by atoms with E-state index in [9.17, 15) is 4.79 Å². The van der Waals surface area contributed by atoms with Crippen LogP contribution < -0.4 is 0 Å². The molecule has 0 aromatic carbocycles. The molecule has 1 saturated heterocycles. The highest BCUT2D eigenvalue weighted by molar-refractivity contribution is 5.87. The molecule has 1 aliphatic heterocycles. The molecule has 4 heteroatoms. The van der Waals surface area contributed by atoms with Crippen LogP contribution in [-0.4, -0.2) is 47.4 Å². The molecule has 1 aliphatic rings. The van der Waals surface area contributed by atoms with Gasteiger partial charge in [-0.25, -0.2) is 0 Å². The van der Waals surface area contributed by atoms with Crippen molar-refractivity contribution < 1.29 is 4.79 Å². The van der Waals surface area contributed by atoms with Gasteiger partial charge in [0.2, 0.25) is 5.91 Å². The highest BCUT2D eigenvalue weighted by atomic mass is 16.2. The third kappa shape index (κ3) is 2.83. The maximum Gasteiger partial charge on any atom is 0.246 e. The molecule has 0 saturated carbocycles. The van der Waals surface area contributed by atoms with Gasteiger partial charge < -0.3 is 4.90 Å². The third-order valence-electron chi connectivity index (χ3n) is 3.03. The van der Waals surface area contributed by atoms with E-state index in [4.69, 9.17) is 5.26 Å². The molecule has 16 heavy (non-hydrogen) atoms. The first kappa shape index (κ1) is 12.7. The number of hydrogen-bond donors (Lipinski definition) is 0. The number of nitrogens with zero attached hydrogens (tertiary/aromatic N) is 3. The van der Waals surface area contributed by atoms with Gasteiger partial charge in [-0.05, 0) is 19.9 Å². The fraction of sp³-hybridized carbons (Fsp3) is 0.667. The van der Waals surface area contributed by atoms with Crippen molar-refractivity contribution in [2.75, 3.05) is 19.6 Å². The van der Waals surface area contributed by atoms with Crippen molar-refractivity contribution in [2.45, 2.75) is 32.4 Å². The summed E-state index contributed by atoms with van der Waals surface area (Å²) in [4.78, 5) is 15.7. The molecular weight excluding hydrogens is 202 g/mol. The van der Waals surface area contributed by atoms with Crippen LogP contribution in [-0.2, 0) is 4.79 Å². The number of amides is 1. The Morgan fingerprint density at radius 3 is 2.81 bits per heavy atom. The molecule has 0 aromatic rings. The minimum Gasteiger partial charge on any atom is -0.333 e. The zero-order valence-corrected chi connectivity index (χ0v) is 10.0. The van der Waals surface area contributed by atoms with Crippen LogP contribution in [0, 0.1) is 11.3 Å². The van der Waals surface area contributed by atoms with E-state index in [0.717, 1.165) is 13.1 Å². The summed E-state index contributed by atoms with van der Waals surface area (Å²) in [6, 6.07) is 2.62. The van der Waals surface area contributed by atoms with Gasteiger partial charge in [0, 0.05) is 25.7 Å². The lowest BCUT2D eigenvalue weighted by atomic mass is 10.1. The highest BCUT2D eigenvalue weighted by Crippen LogP contribution is 2.15. The van der Waals surface area contributed by atoms with Crippen LogP contribution in [0.15, 0.2) is 12.7 Å². The SMILES string of the molecule is C=CC(=O)N1CCN(C(C)C)C[C@H]1CC#N. The molecule has 0 bridgehead atoms. The quantitative estimate of drug-likeness (QED) is 0.668. The maximum atomic E-state index is 11.6. The fourth-order valence-electron chi connectivity index (χ4n) is 2.04. The van der Waals surface area contributed by atoms with Gasteiger partial charge >= 0.3 is 0 Å². The molecule has 0 N–H and O–H groups in total. The lowest BCUT2D eigenvalue weighted by Crippen LogP contribution is -2.56. The Kier molecular flexibility index (Phi) is 4.51. The topological polar surface area (TPSA) is 47.3 Å². The van der Waals surface area contributed by atoms with Gasteiger partial charge in [0.25, 0.3) is 0 Å². The van der Waals surface area contributed by atoms with Crippen molar-refractivity contribution in [3.8, 4) is 6.07 Å². The monoisotopic (exact) mass is 221 g/mol. The predicted octanol–water partition coefficient (Wildman–Crippen LogP) is 1.01. The van der Waals surface area contributed by atoms with Crippen LogP contribution >= 0.6 is 0 Å². The van der Waals surface area contributed by atoms with Crippen LogP contribution in [0.25, 0.3) is 0 Å². The van der Waals surface area contributed by atoms with Crippen LogP contribution in [0.2, 0.25) is 0 Å². The molecule has 0 aliphatic carbocycles. The summed E-state index contributed by atoms with van der Waals surface area (Å²) >= 11 is 0. The van der Waals surface area contributed by atoms with Crippen molar-refractivity contribution in [1.29, 1.82) is 5.26 Å². The van der Waals surface area contributed by atoms with Crippen LogP contribution in [0.5, 0.6) is 0 Å². The van der Waals surface area contributed by atoms with E-state index in [1.165, 1.54) is 6.08 Å². The summed E-state index contributed by atoms with van der Waals surface area (Å²) in [5.41, 5.74) is 0. The molecule has 0 spiro atoms. The first-order valence-electron chi connectivity index (χ1n) is 5.64. The zero-order valence-electron chi connectivity index (χ0n) is 10.0. The van der Waals surface area contributed by atoms with Gasteiger partial charge in [-0.2, -0.15) is 5.26 Å². The van der Waals surface area contributed by atoms with Gasteiger partial charge in [-0.15, -0.1) is 0 Å². The second kappa shape index (κ2) is 5.66. The highest BCUT2D eigenvalue weighted by Gasteiger charge is 2.29. The Morgan fingerprint density at radius 2 is 2.31 bits per heavy atom. The summed E-state index contributed by atoms with van der Waals surface area (Å²) in [5, 5.41) is 8.78. The predicted molar refractivity (Wildman–Crippen MR) is 62.6 cm³/mol. The molecule has 0 unspecified atom stereocenters. The van der Waals surface area contributed by atoms with Gasteiger partial charge in [0.05, 0.1) is 18.5 Å². The van der Waals surface area contributed by atoms with Crippen molar-refractivity contribution in [2.24, 2.45) is 0 Å². The first-order valence-corrected chi connectivity index (χ1v) is 5.64. The zero-order chi connectivity index (χ0) is 12.1. The summed E-state index contributed by atoms with van der Waals surface area (Å²) < 4.78 is 0. The Morgan fingerprint density at radius 1 is 1.62 bits per heavy atom. The Labute approximate surface area is 97.1 Å². The van der Waals surface area contributed by atoms with Gasteiger partial charge in [0.1, 0.15) is 0 Å². The van der Waals surface area contributed by atoms with Crippen LogP contribution in [0.4, 0.5) is 0 Å². The summed E-state index contributed by atoms with van der Waals surface area (Å²) in [5.74, 6) is -0.0661. The largest absolute Gasteiger partial charge is 0.333 e. The summed E-state index contributed by atoms with van der Waals surface area (Å²) in [7, 11) is 0. The average Bonchev–Trinajstić information content (AvgIpc) is 2.28. The lowest BCUT2D eigenvalue weighted by Gasteiger charge is -2.42. The number of carbonyl (C=O) groups excluding carboxylic acids is 1. The second-order valence-corrected chi connectivity index (χ2v) is 4.34. The van der Waals surface area contributed by atoms with E-state index in [1.54, 1.807) is 4.90 Å². The van der Waals surface area contributed by atoms with Gasteiger partial charge in [0.15, 0.2) is 0 Å². The van der Waals surface area contributed by atoms with Crippen LogP contribution in [0.1, 0.15) is 20.3 Å². The van der Waals surface area contributed by atoms with E-state index >= 15 is 0 Å². The first-order chi connectivity index (χ1) is 7.60. The fourth-order valence-corrected chi connectivity index (χ4v) is 2.04. The Bertz CT molecular complexity index is 306. The number of piperazine rings is 1. The summed E-state index contributed by atoms with van der Waals surface area (Å²) in [6.45, 7) is 10.1. The van der Waals surface area contributed by atoms with Crippen molar-refractivity contribution >= 4 is 5.91 Å². The molecule has 0 radical (unpaired) electrons. The molecule has 4 nitrogen and oxygen atoms in total. The van der Waals surface area contributed by atoms with E-state index in [2.05, 4.69) is 31.4 Å². The molecule has 1 heterocycles. The molecule has 0 aromatic heterocycles. The third-order valence-corrected chi connectivity index (χ3v) is 3.03. The molecule has 1 amide bonds. The van der Waals surface area contributed by atoms with Crippen LogP contribution in [0.3, 0.4) is 0 Å². The molecule has 1 rings (SSSR count). The Hall–Kier alpha value is -1.34. The van der Waals surface area contributed by atoms with Crippen molar-refractivity contribution in [3.05, 3.63) is 12.7 Å². The minimum absolute atomic E-state index is 0.00616. The molecule has 1 fully saturated rings. The minimum atomic E-state index is -0.0661. The Balaban J connectivity index is 2.71. The normalized spacial score (nSPS) is 21.9. The average molecular weight is 221 g/mol. The maximum absolute atomic E-state index is 11.6. The number of carbonyl (C=O) groups is 1.